The summed E-state index contributed by atoms with van der Waals surface area (Å²) in [6, 6.07) is 10.8. The van der Waals surface area contributed by atoms with E-state index in [0.29, 0.717) is 6.54 Å². The molecule has 1 heterocycles. The average Bonchev–Trinajstić information content (AvgIpc) is 3.03. The van der Waals surface area contributed by atoms with E-state index in [4.69, 9.17) is 9.73 Å². The molecular weight excluding hydrogens is 364 g/mol. The Morgan fingerprint density at radius 1 is 1.28 bits per heavy atom. The van der Waals surface area contributed by atoms with Gasteiger partial charge in [0.1, 0.15) is 12.4 Å². The molecule has 0 aliphatic heterocycles. The lowest BCUT2D eigenvalue weighted by Crippen LogP contribution is -2.69. The van der Waals surface area contributed by atoms with Crippen LogP contribution in [0.15, 0.2) is 35.3 Å². The molecule has 3 atom stereocenters. The van der Waals surface area contributed by atoms with E-state index in [1.165, 1.54) is 5.56 Å². The summed E-state index contributed by atoms with van der Waals surface area (Å²) in [5.74, 6) is 2.50. The number of rotatable bonds is 6. The van der Waals surface area contributed by atoms with Crippen LogP contribution < -0.4 is 10.6 Å². The van der Waals surface area contributed by atoms with E-state index in [0.717, 1.165) is 24.0 Å². The third kappa shape index (κ3) is 4.15. The van der Waals surface area contributed by atoms with Crippen molar-refractivity contribution in [1.82, 2.24) is 25.4 Å². The summed E-state index contributed by atoms with van der Waals surface area (Å²) in [5.41, 5.74) is 1.06. The summed E-state index contributed by atoms with van der Waals surface area (Å²) < 4.78 is 7.75. The van der Waals surface area contributed by atoms with Gasteiger partial charge in [0.2, 0.25) is 0 Å². The molecule has 0 saturated heterocycles. The van der Waals surface area contributed by atoms with Crippen LogP contribution in [0.2, 0.25) is 0 Å². The number of ether oxygens (including phenoxy) is 1. The van der Waals surface area contributed by atoms with Crippen molar-refractivity contribution in [2.24, 2.45) is 17.5 Å². The van der Waals surface area contributed by atoms with Crippen molar-refractivity contribution < 1.29 is 4.74 Å². The smallest absolute Gasteiger partial charge is 0.192 e. The van der Waals surface area contributed by atoms with Crippen molar-refractivity contribution in [3.05, 3.63) is 47.5 Å². The van der Waals surface area contributed by atoms with Crippen LogP contribution >= 0.6 is 0 Å². The Hall–Kier alpha value is -2.41. The molecule has 1 aromatic carbocycles. The number of nitrogens with zero attached hydrogens (tertiary/aromatic N) is 4. The van der Waals surface area contributed by atoms with Gasteiger partial charge < -0.3 is 19.9 Å². The van der Waals surface area contributed by atoms with Gasteiger partial charge >= 0.3 is 0 Å². The first-order valence-corrected chi connectivity index (χ1v) is 10.2. The van der Waals surface area contributed by atoms with Crippen LogP contribution in [-0.2, 0) is 18.3 Å². The number of nitrogens with one attached hydrogen (secondary N) is 2. The minimum Gasteiger partial charge on any atom is -0.378 e. The number of hydrogen-bond donors (Lipinski definition) is 2. The fourth-order valence-electron chi connectivity index (χ4n) is 3.79. The Balaban J connectivity index is 1.78. The van der Waals surface area contributed by atoms with Crippen LogP contribution in [-0.4, -0.2) is 39.5 Å². The SMILES string of the molecule is COC1(C)CC(NC(=NCc2nnc(C)n2C)NC(C)c2ccccc2)C1(C)C. The molecule has 7 nitrogen and oxygen atoms in total. The van der Waals surface area contributed by atoms with Gasteiger partial charge in [-0.1, -0.05) is 44.2 Å². The molecule has 29 heavy (non-hydrogen) atoms. The van der Waals surface area contributed by atoms with Crippen LogP contribution in [0.25, 0.3) is 0 Å². The van der Waals surface area contributed by atoms with Crippen LogP contribution in [0.4, 0.5) is 0 Å². The highest BCUT2D eigenvalue weighted by molar-refractivity contribution is 5.80. The van der Waals surface area contributed by atoms with Gasteiger partial charge in [-0.3, -0.25) is 0 Å². The number of aliphatic imine (C=N–C) groups is 1. The predicted octanol–water partition coefficient (Wildman–Crippen LogP) is 3.12. The highest BCUT2D eigenvalue weighted by Crippen LogP contribution is 2.51. The maximum Gasteiger partial charge on any atom is 0.192 e. The molecule has 0 bridgehead atoms. The maximum absolute atomic E-state index is 5.78. The lowest BCUT2D eigenvalue weighted by molar-refractivity contribution is -0.176. The zero-order valence-corrected chi connectivity index (χ0v) is 18.7. The molecule has 7 heteroatoms. The van der Waals surface area contributed by atoms with Gasteiger partial charge in [-0.25, -0.2) is 4.99 Å². The molecule has 3 unspecified atom stereocenters. The number of hydrogen-bond acceptors (Lipinski definition) is 4. The molecule has 1 fully saturated rings. The molecule has 2 N–H and O–H groups in total. The summed E-state index contributed by atoms with van der Waals surface area (Å²) in [6.07, 6.45) is 0.931. The van der Waals surface area contributed by atoms with Crippen molar-refractivity contribution in [2.75, 3.05) is 7.11 Å². The van der Waals surface area contributed by atoms with Gasteiger partial charge in [0.25, 0.3) is 0 Å². The van der Waals surface area contributed by atoms with Gasteiger partial charge in [0.15, 0.2) is 11.8 Å². The van der Waals surface area contributed by atoms with Crippen molar-refractivity contribution in [1.29, 1.82) is 0 Å². The van der Waals surface area contributed by atoms with E-state index < -0.39 is 0 Å². The standard InChI is InChI=1S/C22H34N6O/c1-15(17-11-9-8-10-12-17)24-20(23-14-19-27-26-16(2)28(19)6)25-18-13-22(5,29-7)21(18,3)4/h8-12,15,18H,13-14H2,1-7H3,(H2,23,24,25). The fraction of sp³-hybridized carbons (Fsp3) is 0.591. The topological polar surface area (TPSA) is 76.4 Å². The van der Waals surface area contributed by atoms with Gasteiger partial charge in [0.05, 0.1) is 11.6 Å². The number of aromatic nitrogens is 3. The zero-order chi connectivity index (χ0) is 21.2. The summed E-state index contributed by atoms with van der Waals surface area (Å²) >= 11 is 0. The van der Waals surface area contributed by atoms with Crippen LogP contribution in [0.5, 0.6) is 0 Å². The molecule has 1 aliphatic carbocycles. The molecule has 1 aliphatic rings. The normalized spacial score (nSPS) is 24.7. The zero-order valence-electron chi connectivity index (χ0n) is 18.7. The predicted molar refractivity (Wildman–Crippen MR) is 116 cm³/mol. The minimum absolute atomic E-state index is 0.0123. The average molecular weight is 399 g/mol. The molecule has 3 rings (SSSR count). The number of benzene rings is 1. The summed E-state index contributed by atoms with van der Waals surface area (Å²) in [4.78, 5) is 4.82. The van der Waals surface area contributed by atoms with E-state index in [1.807, 2.05) is 24.6 Å². The van der Waals surface area contributed by atoms with Gasteiger partial charge in [-0.05, 0) is 32.8 Å². The maximum atomic E-state index is 5.78. The third-order valence-corrected chi connectivity index (χ3v) is 6.80. The van der Waals surface area contributed by atoms with Crippen LogP contribution in [0.3, 0.4) is 0 Å². The van der Waals surface area contributed by atoms with E-state index in [2.05, 4.69) is 72.8 Å². The van der Waals surface area contributed by atoms with Crippen molar-refractivity contribution in [2.45, 2.75) is 65.3 Å². The van der Waals surface area contributed by atoms with E-state index in [-0.39, 0.29) is 23.1 Å². The summed E-state index contributed by atoms with van der Waals surface area (Å²) in [7, 11) is 3.76. The second kappa shape index (κ2) is 8.14. The van der Waals surface area contributed by atoms with Crippen molar-refractivity contribution in [3.8, 4) is 0 Å². The second-order valence-corrected chi connectivity index (χ2v) is 8.72. The van der Waals surface area contributed by atoms with Gasteiger partial charge in [-0.15, -0.1) is 10.2 Å². The number of methoxy groups -OCH3 is 1. The molecule has 1 aromatic heterocycles. The molecule has 1 saturated carbocycles. The Morgan fingerprint density at radius 3 is 2.52 bits per heavy atom. The van der Waals surface area contributed by atoms with Gasteiger partial charge in [0, 0.05) is 25.6 Å². The summed E-state index contributed by atoms with van der Waals surface area (Å²) in [6.45, 7) is 11.2. The molecule has 0 amide bonds. The van der Waals surface area contributed by atoms with Gasteiger partial charge in [-0.2, -0.15) is 0 Å². The van der Waals surface area contributed by atoms with Crippen molar-refractivity contribution in [3.63, 3.8) is 0 Å². The number of aryl methyl sites for hydroxylation is 1. The highest BCUT2D eigenvalue weighted by atomic mass is 16.5. The number of guanidine groups is 1. The molecule has 2 aromatic rings. The first kappa shape index (κ1) is 21.3. The molecule has 0 radical (unpaired) electrons. The lowest BCUT2D eigenvalue weighted by atomic mass is 9.56. The molecular formula is C22H34N6O. The Morgan fingerprint density at radius 2 is 1.97 bits per heavy atom. The lowest BCUT2D eigenvalue weighted by Gasteiger charge is -2.59. The largest absolute Gasteiger partial charge is 0.378 e. The van der Waals surface area contributed by atoms with Crippen LogP contribution in [0.1, 0.15) is 57.4 Å². The quantitative estimate of drug-likeness (QED) is 0.578. The second-order valence-electron chi connectivity index (χ2n) is 8.72. The van der Waals surface area contributed by atoms with Crippen LogP contribution in [0, 0.1) is 12.3 Å². The van der Waals surface area contributed by atoms with E-state index >= 15 is 0 Å². The fourth-order valence-corrected chi connectivity index (χ4v) is 3.79. The molecule has 158 valence electrons. The summed E-state index contributed by atoms with van der Waals surface area (Å²) in [5, 5.41) is 15.5. The van der Waals surface area contributed by atoms with E-state index in [9.17, 15) is 0 Å². The Labute approximate surface area is 174 Å². The Bertz CT molecular complexity index is 859. The highest BCUT2D eigenvalue weighted by Gasteiger charge is 2.58. The third-order valence-electron chi connectivity index (χ3n) is 6.80. The first-order chi connectivity index (χ1) is 13.7. The Kier molecular flexibility index (Phi) is 5.98. The first-order valence-electron chi connectivity index (χ1n) is 10.2. The van der Waals surface area contributed by atoms with E-state index in [1.54, 1.807) is 7.11 Å². The van der Waals surface area contributed by atoms with Crippen molar-refractivity contribution >= 4 is 5.96 Å². The monoisotopic (exact) mass is 398 g/mol. The minimum atomic E-state index is -0.137. The molecule has 0 spiro atoms.